The molecule has 0 fully saturated rings. The average Bonchev–Trinajstić information content (AvgIpc) is 2.45. The van der Waals surface area contributed by atoms with Gasteiger partial charge in [0.2, 0.25) is 0 Å². The van der Waals surface area contributed by atoms with E-state index in [1.807, 2.05) is 0 Å². The Labute approximate surface area is 110 Å². The van der Waals surface area contributed by atoms with Gasteiger partial charge in [0.1, 0.15) is 0 Å². The van der Waals surface area contributed by atoms with Crippen molar-refractivity contribution in [3.63, 3.8) is 0 Å². The fourth-order valence-electron chi connectivity index (χ4n) is 1.50. The molecule has 2 aromatic rings. The summed E-state index contributed by atoms with van der Waals surface area (Å²) in [5.74, 6) is -1.04. The predicted octanol–water partition coefficient (Wildman–Crippen LogP) is 3.15. The largest absolute Gasteiger partial charge is 0.478 e. The number of aliphatic carboxylic acids is 1. The molecule has 2 rings (SSSR count). The first-order valence-corrected chi connectivity index (χ1v) is 5.35. The van der Waals surface area contributed by atoms with Crippen LogP contribution in [0.4, 0.5) is 0 Å². The molecular weight excluding hydrogens is 226 g/mol. The number of aromatic nitrogens is 1. The maximum absolute atomic E-state index is 10.5. The molecule has 0 atom stereocenters. The number of rotatable bonds is 3. The highest BCUT2D eigenvalue weighted by molar-refractivity contribution is 5.85. The summed E-state index contributed by atoms with van der Waals surface area (Å²) >= 11 is 0. The number of nitrogens with zero attached hydrogens (tertiary/aromatic N) is 1. The lowest BCUT2D eigenvalue weighted by Crippen LogP contribution is -1.89. The Balaban J connectivity index is 2.30. The third kappa shape index (κ3) is 3.04. The van der Waals surface area contributed by atoms with Gasteiger partial charge in [0.25, 0.3) is 0 Å². The van der Waals surface area contributed by atoms with E-state index in [2.05, 4.69) is 4.98 Å². The lowest BCUT2D eigenvalue weighted by Gasteiger charge is -2.02. The molecule has 1 aromatic carbocycles. The molecule has 1 aromatic heterocycles. The number of carbonyl (C=O) groups is 1. The van der Waals surface area contributed by atoms with Crippen molar-refractivity contribution >= 4 is 12.0 Å². The van der Waals surface area contributed by atoms with E-state index < -0.39 is 12.8 Å². The highest BCUT2D eigenvalue weighted by Crippen LogP contribution is 2.18. The number of carboxylic acid groups (broad SMARTS) is 1. The summed E-state index contributed by atoms with van der Waals surface area (Å²) in [6.07, 6.45) is 2.42. The van der Waals surface area contributed by atoms with Gasteiger partial charge in [-0.25, -0.2) is 9.78 Å². The van der Waals surface area contributed by atoms with Crippen LogP contribution in [0.3, 0.4) is 0 Å². The average molecular weight is 242 g/mol. The zero-order chi connectivity index (χ0) is 15.5. The Bertz CT molecular complexity index is 676. The normalized spacial score (nSPS) is 13.9. The van der Waals surface area contributed by atoms with Crippen molar-refractivity contribution in [3.8, 4) is 11.3 Å². The monoisotopic (exact) mass is 242 g/mol. The van der Waals surface area contributed by atoms with E-state index in [1.54, 1.807) is 42.5 Å². The van der Waals surface area contributed by atoms with Gasteiger partial charge in [-0.15, -0.1) is 0 Å². The van der Waals surface area contributed by atoms with Crippen molar-refractivity contribution in [2.75, 3.05) is 0 Å². The van der Waals surface area contributed by atoms with Crippen LogP contribution in [-0.2, 0) is 4.79 Å². The molecule has 0 amide bonds. The summed E-state index contributed by atoms with van der Waals surface area (Å²) in [6, 6.07) is 11.7. The molecule has 0 spiro atoms. The number of pyridine rings is 1. The minimum atomic E-state index is -2.13. The van der Waals surface area contributed by atoms with Gasteiger partial charge in [-0.1, -0.05) is 35.9 Å². The van der Waals surface area contributed by atoms with E-state index in [4.69, 9.17) is 9.22 Å². The van der Waals surface area contributed by atoms with Crippen LogP contribution in [0, 0.1) is 6.85 Å². The van der Waals surface area contributed by atoms with Crippen LogP contribution in [0.15, 0.2) is 48.5 Å². The molecule has 0 radical (unpaired) electrons. The molecule has 0 aliphatic carbocycles. The maximum Gasteiger partial charge on any atom is 0.328 e. The van der Waals surface area contributed by atoms with Crippen molar-refractivity contribution < 1.29 is 14.0 Å². The number of aryl methyl sites for hydroxylation is 1. The molecule has 0 aliphatic heterocycles. The van der Waals surface area contributed by atoms with Gasteiger partial charge in [-0.2, -0.15) is 0 Å². The Morgan fingerprint density at radius 2 is 2.06 bits per heavy atom. The van der Waals surface area contributed by atoms with Gasteiger partial charge in [0.05, 0.1) is 11.4 Å². The van der Waals surface area contributed by atoms with Crippen LogP contribution in [0.2, 0.25) is 0 Å². The predicted molar refractivity (Wildman–Crippen MR) is 71.1 cm³/mol. The minimum Gasteiger partial charge on any atom is -0.478 e. The lowest BCUT2D eigenvalue weighted by molar-refractivity contribution is -0.131. The van der Waals surface area contributed by atoms with Crippen LogP contribution in [0.25, 0.3) is 17.3 Å². The molecule has 3 nitrogen and oxygen atoms in total. The van der Waals surface area contributed by atoms with Crippen molar-refractivity contribution in [2.24, 2.45) is 0 Å². The summed E-state index contributed by atoms with van der Waals surface area (Å²) in [7, 11) is 0. The molecule has 1 heterocycles. The van der Waals surface area contributed by atoms with Gasteiger partial charge in [0.15, 0.2) is 0 Å². The van der Waals surface area contributed by atoms with E-state index in [-0.39, 0.29) is 5.56 Å². The van der Waals surface area contributed by atoms with Crippen molar-refractivity contribution in [3.05, 3.63) is 59.8 Å². The molecule has 3 heteroatoms. The number of benzene rings is 1. The Kier molecular flexibility index (Phi) is 2.53. The standard InChI is InChI=1S/C15H13NO2/c1-11-5-7-12(8-6-11)14-4-2-3-13(16-14)9-10-15(17)18/h2-10H,1H3,(H,17,18)/b10-9+/i1D3. The molecule has 0 saturated carbocycles. The summed E-state index contributed by atoms with van der Waals surface area (Å²) in [5, 5.41) is 8.60. The smallest absolute Gasteiger partial charge is 0.328 e. The van der Waals surface area contributed by atoms with Crippen LogP contribution >= 0.6 is 0 Å². The van der Waals surface area contributed by atoms with Crippen LogP contribution in [0.1, 0.15) is 15.4 Å². The lowest BCUT2D eigenvalue weighted by atomic mass is 10.1. The maximum atomic E-state index is 10.5. The second kappa shape index (κ2) is 5.27. The fourth-order valence-corrected chi connectivity index (χ4v) is 1.50. The number of carboxylic acids is 1. The second-order valence-corrected chi connectivity index (χ2v) is 3.70. The van der Waals surface area contributed by atoms with Gasteiger partial charge < -0.3 is 5.11 Å². The van der Waals surface area contributed by atoms with Crippen LogP contribution in [-0.4, -0.2) is 16.1 Å². The third-order valence-electron chi connectivity index (χ3n) is 2.35. The molecule has 90 valence electrons. The van der Waals surface area contributed by atoms with Crippen molar-refractivity contribution in [1.29, 1.82) is 0 Å². The van der Waals surface area contributed by atoms with E-state index in [0.29, 0.717) is 11.4 Å². The molecule has 0 bridgehead atoms. The van der Waals surface area contributed by atoms with Gasteiger partial charge in [-0.05, 0) is 25.1 Å². The zero-order valence-electron chi connectivity index (χ0n) is 12.5. The number of hydrogen-bond acceptors (Lipinski definition) is 2. The number of hydrogen-bond donors (Lipinski definition) is 1. The van der Waals surface area contributed by atoms with E-state index >= 15 is 0 Å². The first kappa shape index (κ1) is 8.64. The zero-order valence-corrected chi connectivity index (χ0v) is 9.50. The van der Waals surface area contributed by atoms with E-state index in [0.717, 1.165) is 11.6 Å². The van der Waals surface area contributed by atoms with E-state index in [9.17, 15) is 4.79 Å². The first-order chi connectivity index (χ1) is 9.86. The highest BCUT2D eigenvalue weighted by Gasteiger charge is 1.99. The highest BCUT2D eigenvalue weighted by atomic mass is 16.4. The molecule has 1 N–H and O–H groups in total. The molecular formula is C15H13NO2. The fraction of sp³-hybridized carbons (Fsp3) is 0.0667. The van der Waals surface area contributed by atoms with Gasteiger partial charge >= 0.3 is 5.97 Å². The molecule has 0 unspecified atom stereocenters. The minimum absolute atomic E-state index is 0.271. The van der Waals surface area contributed by atoms with Gasteiger partial charge in [-0.3, -0.25) is 0 Å². The first-order valence-electron chi connectivity index (χ1n) is 6.85. The summed E-state index contributed by atoms with van der Waals surface area (Å²) in [4.78, 5) is 14.8. The Hall–Kier alpha value is -2.42. The molecule has 0 aliphatic rings. The van der Waals surface area contributed by atoms with Crippen molar-refractivity contribution in [1.82, 2.24) is 4.98 Å². The second-order valence-electron chi connectivity index (χ2n) is 3.70. The molecule has 0 saturated heterocycles. The molecule has 18 heavy (non-hydrogen) atoms. The van der Waals surface area contributed by atoms with E-state index in [1.165, 1.54) is 6.08 Å². The van der Waals surface area contributed by atoms with Crippen LogP contribution in [0.5, 0.6) is 0 Å². The van der Waals surface area contributed by atoms with Crippen LogP contribution < -0.4 is 0 Å². The quantitative estimate of drug-likeness (QED) is 0.841. The van der Waals surface area contributed by atoms with Gasteiger partial charge in [0, 0.05) is 15.8 Å². The third-order valence-corrected chi connectivity index (χ3v) is 2.35. The SMILES string of the molecule is [2H]C([2H])([2H])c1ccc(-c2cccc(/C=C/C(=O)O)n2)cc1. The van der Waals surface area contributed by atoms with Crippen molar-refractivity contribution in [2.45, 2.75) is 6.85 Å². The summed E-state index contributed by atoms with van der Waals surface area (Å²) in [5.41, 5.74) is 2.22. The summed E-state index contributed by atoms with van der Waals surface area (Å²) in [6.45, 7) is -2.13. The Morgan fingerprint density at radius 1 is 1.28 bits per heavy atom. The Morgan fingerprint density at radius 3 is 2.72 bits per heavy atom. The summed E-state index contributed by atoms with van der Waals surface area (Å²) < 4.78 is 22.0. The topological polar surface area (TPSA) is 50.2 Å².